The maximum atomic E-state index is 5.79. The van der Waals surface area contributed by atoms with Crippen molar-refractivity contribution >= 4 is 40.8 Å². The van der Waals surface area contributed by atoms with Crippen molar-refractivity contribution in [1.29, 1.82) is 0 Å². The first-order chi connectivity index (χ1) is 7.15. The molecule has 0 spiro atoms. The molecule has 0 aliphatic carbocycles. The number of rotatable bonds is 2. The first-order valence-electron chi connectivity index (χ1n) is 4.73. The van der Waals surface area contributed by atoms with Crippen LogP contribution in [0.1, 0.15) is 13.3 Å². The number of hydrogen-bond acceptors (Lipinski definition) is 4. The molecule has 1 N–H and O–H groups in total. The SMILES string of the molecule is CC1SCCC1Nc1cc(Cl)nc(Cl)n1. The third-order valence-electron chi connectivity index (χ3n) is 2.38. The zero-order chi connectivity index (χ0) is 10.8. The molecule has 2 heterocycles. The van der Waals surface area contributed by atoms with Crippen molar-refractivity contribution in [2.75, 3.05) is 11.1 Å². The van der Waals surface area contributed by atoms with E-state index in [4.69, 9.17) is 23.2 Å². The molecule has 0 amide bonds. The maximum absolute atomic E-state index is 5.79. The van der Waals surface area contributed by atoms with Crippen molar-refractivity contribution in [3.05, 3.63) is 16.5 Å². The normalized spacial score (nSPS) is 25.5. The van der Waals surface area contributed by atoms with Gasteiger partial charge in [0.15, 0.2) is 0 Å². The average molecular weight is 264 g/mol. The van der Waals surface area contributed by atoms with Gasteiger partial charge >= 0.3 is 0 Å². The lowest BCUT2D eigenvalue weighted by Gasteiger charge is -2.16. The Morgan fingerprint density at radius 2 is 2.27 bits per heavy atom. The van der Waals surface area contributed by atoms with Crippen LogP contribution in [0.4, 0.5) is 5.82 Å². The van der Waals surface area contributed by atoms with Gasteiger partial charge in [-0.1, -0.05) is 18.5 Å². The highest BCUT2D eigenvalue weighted by molar-refractivity contribution is 8.00. The molecule has 1 aliphatic rings. The van der Waals surface area contributed by atoms with Crippen molar-refractivity contribution in [3.63, 3.8) is 0 Å². The fourth-order valence-electron chi connectivity index (χ4n) is 1.58. The van der Waals surface area contributed by atoms with E-state index < -0.39 is 0 Å². The lowest BCUT2D eigenvalue weighted by molar-refractivity contribution is 0.719. The molecule has 1 fully saturated rings. The van der Waals surface area contributed by atoms with E-state index in [1.54, 1.807) is 6.07 Å². The molecule has 0 bridgehead atoms. The van der Waals surface area contributed by atoms with Crippen molar-refractivity contribution < 1.29 is 0 Å². The smallest absolute Gasteiger partial charge is 0.225 e. The van der Waals surface area contributed by atoms with Crippen LogP contribution >= 0.6 is 35.0 Å². The number of nitrogens with zero attached hydrogens (tertiary/aromatic N) is 2. The van der Waals surface area contributed by atoms with E-state index in [2.05, 4.69) is 22.2 Å². The molecule has 0 aromatic carbocycles. The number of hydrogen-bond donors (Lipinski definition) is 1. The Bertz CT molecular complexity index is 341. The minimum absolute atomic E-state index is 0.184. The molecular weight excluding hydrogens is 253 g/mol. The van der Waals surface area contributed by atoms with Crippen LogP contribution in [0, 0.1) is 0 Å². The maximum Gasteiger partial charge on any atom is 0.225 e. The number of halogens is 2. The first-order valence-corrected chi connectivity index (χ1v) is 6.54. The fraction of sp³-hybridized carbons (Fsp3) is 0.556. The molecule has 2 unspecified atom stereocenters. The molecule has 2 atom stereocenters. The zero-order valence-corrected chi connectivity index (χ0v) is 10.5. The van der Waals surface area contributed by atoms with Gasteiger partial charge in [-0.15, -0.1) is 0 Å². The summed E-state index contributed by atoms with van der Waals surface area (Å²) in [4.78, 5) is 7.88. The monoisotopic (exact) mass is 263 g/mol. The molecular formula is C9H11Cl2N3S. The Hall–Kier alpha value is -0.190. The summed E-state index contributed by atoms with van der Waals surface area (Å²) in [6, 6.07) is 2.14. The van der Waals surface area contributed by atoms with E-state index >= 15 is 0 Å². The number of aromatic nitrogens is 2. The summed E-state index contributed by atoms with van der Waals surface area (Å²) in [6.07, 6.45) is 1.14. The Balaban J connectivity index is 2.10. The summed E-state index contributed by atoms with van der Waals surface area (Å²) in [5.74, 6) is 1.89. The summed E-state index contributed by atoms with van der Waals surface area (Å²) in [5, 5.41) is 4.48. The van der Waals surface area contributed by atoms with Crippen molar-refractivity contribution in [1.82, 2.24) is 9.97 Å². The van der Waals surface area contributed by atoms with Crippen molar-refractivity contribution in [2.24, 2.45) is 0 Å². The Morgan fingerprint density at radius 1 is 1.47 bits per heavy atom. The molecule has 1 aromatic rings. The van der Waals surface area contributed by atoms with E-state index in [0.717, 1.165) is 6.42 Å². The van der Waals surface area contributed by atoms with Gasteiger partial charge in [0.1, 0.15) is 11.0 Å². The molecule has 1 saturated heterocycles. The summed E-state index contributed by atoms with van der Waals surface area (Å²) in [7, 11) is 0. The van der Waals surface area contributed by atoms with Gasteiger partial charge in [-0.2, -0.15) is 11.8 Å². The predicted octanol–water partition coefficient (Wildman–Crippen LogP) is 3.09. The van der Waals surface area contributed by atoms with E-state index in [0.29, 0.717) is 22.3 Å². The number of thioether (sulfide) groups is 1. The molecule has 3 nitrogen and oxygen atoms in total. The van der Waals surface area contributed by atoms with Gasteiger partial charge in [0.25, 0.3) is 0 Å². The fourth-order valence-corrected chi connectivity index (χ4v) is 3.18. The highest BCUT2D eigenvalue weighted by Gasteiger charge is 2.24. The summed E-state index contributed by atoms with van der Waals surface area (Å²) >= 11 is 13.5. The molecule has 6 heteroatoms. The van der Waals surface area contributed by atoms with Crippen molar-refractivity contribution in [3.8, 4) is 0 Å². The highest BCUT2D eigenvalue weighted by Crippen LogP contribution is 2.28. The minimum atomic E-state index is 0.184. The lowest BCUT2D eigenvalue weighted by Crippen LogP contribution is -2.25. The minimum Gasteiger partial charge on any atom is -0.366 e. The standard InChI is InChI=1S/C9H11Cl2N3S/c1-5-6(2-3-15-5)12-8-4-7(10)13-9(11)14-8/h4-6H,2-3H2,1H3,(H,12,13,14). The average Bonchev–Trinajstić information content (AvgIpc) is 2.50. The quantitative estimate of drug-likeness (QED) is 0.658. The highest BCUT2D eigenvalue weighted by atomic mass is 35.5. The molecule has 0 saturated carbocycles. The number of nitrogens with one attached hydrogen (secondary N) is 1. The summed E-state index contributed by atoms with van der Waals surface area (Å²) < 4.78 is 0. The van der Waals surface area contributed by atoms with E-state index in [-0.39, 0.29) is 5.28 Å². The molecule has 15 heavy (non-hydrogen) atoms. The second kappa shape index (κ2) is 4.76. The van der Waals surface area contributed by atoms with Crippen LogP contribution in [0.2, 0.25) is 10.4 Å². The zero-order valence-electron chi connectivity index (χ0n) is 8.20. The van der Waals surface area contributed by atoms with Crippen molar-refractivity contribution in [2.45, 2.75) is 24.6 Å². The predicted molar refractivity (Wildman–Crippen MR) is 66.0 cm³/mol. The third-order valence-corrected chi connectivity index (χ3v) is 4.07. The van der Waals surface area contributed by atoms with Crippen LogP contribution in [0.15, 0.2) is 6.07 Å². The summed E-state index contributed by atoms with van der Waals surface area (Å²) in [5.41, 5.74) is 0. The van der Waals surface area contributed by atoms with E-state index in [9.17, 15) is 0 Å². The molecule has 82 valence electrons. The van der Waals surface area contributed by atoms with Gasteiger partial charge < -0.3 is 5.32 Å². The van der Waals surface area contributed by atoms with Gasteiger partial charge in [-0.3, -0.25) is 0 Å². The largest absolute Gasteiger partial charge is 0.366 e. The Labute approximate surface area is 103 Å². The second-order valence-corrected chi connectivity index (χ2v) is 5.67. The molecule has 2 rings (SSSR count). The second-order valence-electron chi connectivity index (χ2n) is 3.46. The van der Waals surface area contributed by atoms with E-state index in [1.807, 2.05) is 11.8 Å². The van der Waals surface area contributed by atoms with Gasteiger partial charge in [0.2, 0.25) is 5.28 Å². The van der Waals surface area contributed by atoms with Crippen LogP contribution in [0.5, 0.6) is 0 Å². The molecule has 1 aliphatic heterocycles. The van der Waals surface area contributed by atoms with Gasteiger partial charge in [-0.05, 0) is 23.8 Å². The Morgan fingerprint density at radius 3 is 2.87 bits per heavy atom. The lowest BCUT2D eigenvalue weighted by atomic mass is 10.2. The van der Waals surface area contributed by atoms with E-state index in [1.165, 1.54) is 5.75 Å². The number of anilines is 1. The van der Waals surface area contributed by atoms with Crippen LogP contribution < -0.4 is 5.32 Å². The first kappa shape index (κ1) is 11.3. The van der Waals surface area contributed by atoms with Gasteiger partial charge in [-0.25, -0.2) is 9.97 Å². The third kappa shape index (κ3) is 2.89. The van der Waals surface area contributed by atoms with Crippen LogP contribution in [0.25, 0.3) is 0 Å². The van der Waals surface area contributed by atoms with Crippen LogP contribution in [-0.2, 0) is 0 Å². The molecule has 0 radical (unpaired) electrons. The van der Waals surface area contributed by atoms with Crippen LogP contribution in [0.3, 0.4) is 0 Å². The summed E-state index contributed by atoms with van der Waals surface area (Å²) in [6.45, 7) is 2.21. The van der Waals surface area contributed by atoms with Crippen LogP contribution in [-0.4, -0.2) is 27.0 Å². The van der Waals surface area contributed by atoms with Gasteiger partial charge in [0, 0.05) is 17.4 Å². The molecule has 1 aromatic heterocycles. The van der Waals surface area contributed by atoms with Gasteiger partial charge in [0.05, 0.1) is 0 Å². The Kier molecular flexibility index (Phi) is 3.59. The topological polar surface area (TPSA) is 37.8 Å².